The van der Waals surface area contributed by atoms with Crippen LogP contribution < -0.4 is 5.32 Å². The summed E-state index contributed by atoms with van der Waals surface area (Å²) in [5, 5.41) is 7.59. The molecule has 0 amide bonds. The normalized spacial score (nSPS) is 10.7. The van der Waals surface area contributed by atoms with Crippen LogP contribution in [-0.4, -0.2) is 16.3 Å². The minimum Gasteiger partial charge on any atom is -0.312 e. The fourth-order valence-electron chi connectivity index (χ4n) is 1.70. The number of hydrogen-bond donors (Lipinski definition) is 1. The SMILES string of the molecule is Cn1nccc1CCNCc1ccc(I)cc1. The molecular weight excluding hydrogens is 325 g/mol. The molecule has 3 nitrogen and oxygen atoms in total. The lowest BCUT2D eigenvalue weighted by Gasteiger charge is -2.05. The molecule has 0 atom stereocenters. The van der Waals surface area contributed by atoms with Crippen LogP contribution in [0.5, 0.6) is 0 Å². The van der Waals surface area contributed by atoms with Crippen molar-refractivity contribution in [3.05, 3.63) is 51.4 Å². The summed E-state index contributed by atoms with van der Waals surface area (Å²) >= 11 is 2.32. The highest BCUT2D eigenvalue weighted by atomic mass is 127. The lowest BCUT2D eigenvalue weighted by Crippen LogP contribution is -2.17. The summed E-state index contributed by atoms with van der Waals surface area (Å²) < 4.78 is 3.20. The van der Waals surface area contributed by atoms with E-state index in [-0.39, 0.29) is 0 Å². The van der Waals surface area contributed by atoms with Crippen LogP contribution in [0.15, 0.2) is 36.5 Å². The molecule has 1 aromatic heterocycles. The highest BCUT2D eigenvalue weighted by Gasteiger charge is 1.98. The van der Waals surface area contributed by atoms with Gasteiger partial charge in [0.25, 0.3) is 0 Å². The fourth-order valence-corrected chi connectivity index (χ4v) is 2.06. The van der Waals surface area contributed by atoms with Gasteiger partial charge in [-0.2, -0.15) is 5.10 Å². The molecule has 2 aromatic rings. The standard InChI is InChI=1S/C13H16IN3/c1-17-13(7-9-16-17)6-8-15-10-11-2-4-12(14)5-3-11/h2-5,7,9,15H,6,8,10H2,1H3. The molecule has 2 rings (SSSR count). The maximum atomic E-state index is 4.15. The molecule has 90 valence electrons. The second-order valence-corrected chi connectivity index (χ2v) is 5.25. The molecule has 1 aromatic carbocycles. The number of halogens is 1. The molecule has 0 aliphatic rings. The number of rotatable bonds is 5. The van der Waals surface area contributed by atoms with Crippen LogP contribution in [0.2, 0.25) is 0 Å². The van der Waals surface area contributed by atoms with Crippen molar-refractivity contribution < 1.29 is 0 Å². The van der Waals surface area contributed by atoms with Crippen LogP contribution in [0.3, 0.4) is 0 Å². The largest absolute Gasteiger partial charge is 0.312 e. The zero-order chi connectivity index (χ0) is 12.1. The first-order chi connectivity index (χ1) is 8.25. The molecular formula is C13H16IN3. The first-order valence-electron chi connectivity index (χ1n) is 5.68. The third kappa shape index (κ3) is 3.81. The van der Waals surface area contributed by atoms with Crippen molar-refractivity contribution in [2.75, 3.05) is 6.54 Å². The maximum Gasteiger partial charge on any atom is 0.0492 e. The van der Waals surface area contributed by atoms with E-state index >= 15 is 0 Å². The predicted octanol–water partition coefficient (Wildman–Crippen LogP) is 2.36. The van der Waals surface area contributed by atoms with Gasteiger partial charge < -0.3 is 5.32 Å². The number of hydrogen-bond acceptors (Lipinski definition) is 2. The minimum absolute atomic E-state index is 0.925. The second kappa shape index (κ2) is 6.16. The van der Waals surface area contributed by atoms with E-state index in [0.29, 0.717) is 0 Å². The van der Waals surface area contributed by atoms with Crippen molar-refractivity contribution in [1.29, 1.82) is 0 Å². The van der Waals surface area contributed by atoms with E-state index in [1.165, 1.54) is 14.8 Å². The monoisotopic (exact) mass is 341 g/mol. The smallest absolute Gasteiger partial charge is 0.0492 e. The molecule has 0 saturated heterocycles. The predicted molar refractivity (Wildman–Crippen MR) is 77.8 cm³/mol. The van der Waals surface area contributed by atoms with Crippen LogP contribution >= 0.6 is 22.6 Å². The molecule has 0 aliphatic carbocycles. The van der Waals surface area contributed by atoms with E-state index in [4.69, 9.17) is 0 Å². The maximum absolute atomic E-state index is 4.15. The van der Waals surface area contributed by atoms with Crippen molar-refractivity contribution >= 4 is 22.6 Å². The summed E-state index contributed by atoms with van der Waals surface area (Å²) in [7, 11) is 1.98. The van der Waals surface area contributed by atoms with Crippen LogP contribution in [0.4, 0.5) is 0 Å². The summed E-state index contributed by atoms with van der Waals surface area (Å²) in [6.07, 6.45) is 2.86. The molecule has 0 spiro atoms. The number of aromatic nitrogens is 2. The van der Waals surface area contributed by atoms with Gasteiger partial charge in [-0.3, -0.25) is 4.68 Å². The van der Waals surface area contributed by atoms with Gasteiger partial charge in [-0.05, 0) is 46.4 Å². The zero-order valence-corrected chi connectivity index (χ0v) is 12.0. The molecule has 0 fully saturated rings. The number of nitrogens with zero attached hydrogens (tertiary/aromatic N) is 2. The van der Waals surface area contributed by atoms with Gasteiger partial charge in [0.05, 0.1) is 0 Å². The minimum atomic E-state index is 0.925. The van der Waals surface area contributed by atoms with Gasteiger partial charge in [0.15, 0.2) is 0 Å². The molecule has 4 heteroatoms. The fraction of sp³-hybridized carbons (Fsp3) is 0.308. The van der Waals surface area contributed by atoms with Gasteiger partial charge in [0, 0.05) is 42.0 Å². The van der Waals surface area contributed by atoms with Crippen molar-refractivity contribution in [2.45, 2.75) is 13.0 Å². The average Bonchev–Trinajstić information content (AvgIpc) is 2.73. The first kappa shape index (κ1) is 12.6. The Morgan fingerprint density at radius 3 is 2.65 bits per heavy atom. The summed E-state index contributed by atoms with van der Waals surface area (Å²) in [6.45, 7) is 1.90. The molecule has 0 aliphatic heterocycles. The number of benzene rings is 1. The summed E-state index contributed by atoms with van der Waals surface area (Å²) in [6, 6.07) is 10.7. The van der Waals surface area contributed by atoms with Gasteiger partial charge in [-0.15, -0.1) is 0 Å². The van der Waals surface area contributed by atoms with Crippen LogP contribution in [0, 0.1) is 3.57 Å². The van der Waals surface area contributed by atoms with Crippen LogP contribution in [0.25, 0.3) is 0 Å². The Bertz CT molecular complexity index is 462. The molecule has 17 heavy (non-hydrogen) atoms. The summed E-state index contributed by atoms with van der Waals surface area (Å²) in [5.74, 6) is 0. The van der Waals surface area contributed by atoms with Gasteiger partial charge in [-0.1, -0.05) is 12.1 Å². The number of nitrogens with one attached hydrogen (secondary N) is 1. The summed E-state index contributed by atoms with van der Waals surface area (Å²) in [5.41, 5.74) is 2.59. The zero-order valence-electron chi connectivity index (χ0n) is 9.86. The summed E-state index contributed by atoms with van der Waals surface area (Å²) in [4.78, 5) is 0. The molecule has 1 N–H and O–H groups in total. The Balaban J connectivity index is 1.73. The van der Waals surface area contributed by atoms with E-state index in [2.05, 4.69) is 63.3 Å². The third-order valence-corrected chi connectivity index (χ3v) is 3.44. The molecule has 0 bridgehead atoms. The highest BCUT2D eigenvalue weighted by Crippen LogP contribution is 2.06. The topological polar surface area (TPSA) is 29.9 Å². The Morgan fingerprint density at radius 1 is 1.24 bits per heavy atom. The van der Waals surface area contributed by atoms with Gasteiger partial charge in [0.2, 0.25) is 0 Å². The highest BCUT2D eigenvalue weighted by molar-refractivity contribution is 14.1. The lowest BCUT2D eigenvalue weighted by molar-refractivity contribution is 0.643. The third-order valence-electron chi connectivity index (χ3n) is 2.72. The van der Waals surface area contributed by atoms with Crippen LogP contribution in [-0.2, 0) is 20.0 Å². The Hall–Kier alpha value is -0.880. The Labute approximate surface area is 115 Å². The Kier molecular flexibility index (Phi) is 4.56. The first-order valence-corrected chi connectivity index (χ1v) is 6.75. The molecule has 0 unspecified atom stereocenters. The molecule has 0 saturated carbocycles. The average molecular weight is 341 g/mol. The van der Waals surface area contributed by atoms with E-state index in [9.17, 15) is 0 Å². The van der Waals surface area contributed by atoms with E-state index in [1.54, 1.807) is 0 Å². The van der Waals surface area contributed by atoms with E-state index in [1.807, 2.05) is 17.9 Å². The van der Waals surface area contributed by atoms with Crippen molar-refractivity contribution in [2.24, 2.45) is 7.05 Å². The lowest BCUT2D eigenvalue weighted by atomic mass is 10.2. The number of aryl methyl sites for hydroxylation is 1. The van der Waals surface area contributed by atoms with E-state index < -0.39 is 0 Å². The van der Waals surface area contributed by atoms with Crippen LogP contribution in [0.1, 0.15) is 11.3 Å². The van der Waals surface area contributed by atoms with Gasteiger partial charge in [0.1, 0.15) is 0 Å². The van der Waals surface area contributed by atoms with Crippen molar-refractivity contribution in [3.63, 3.8) is 0 Å². The van der Waals surface area contributed by atoms with Gasteiger partial charge >= 0.3 is 0 Å². The van der Waals surface area contributed by atoms with Gasteiger partial charge in [-0.25, -0.2) is 0 Å². The second-order valence-electron chi connectivity index (χ2n) is 4.00. The molecule has 0 radical (unpaired) electrons. The van der Waals surface area contributed by atoms with E-state index in [0.717, 1.165) is 19.5 Å². The van der Waals surface area contributed by atoms with Crippen molar-refractivity contribution in [3.8, 4) is 0 Å². The van der Waals surface area contributed by atoms with Crippen molar-refractivity contribution in [1.82, 2.24) is 15.1 Å². The molecule has 1 heterocycles. The Morgan fingerprint density at radius 2 is 2.00 bits per heavy atom. The quantitative estimate of drug-likeness (QED) is 0.668.